The second kappa shape index (κ2) is 7.71. The van der Waals surface area contributed by atoms with Crippen molar-refractivity contribution in [2.24, 2.45) is 50.7 Å². The van der Waals surface area contributed by atoms with Crippen molar-refractivity contribution in [2.75, 3.05) is 0 Å². The third kappa shape index (κ3) is 3.47. The first-order chi connectivity index (χ1) is 14.6. The number of rotatable bonds is 4. The van der Waals surface area contributed by atoms with Crippen LogP contribution in [-0.4, -0.2) is 16.0 Å². The Balaban J connectivity index is 1.58. The van der Waals surface area contributed by atoms with E-state index in [0.29, 0.717) is 28.6 Å². The summed E-state index contributed by atoms with van der Waals surface area (Å²) in [6.07, 6.45) is 15.1. The maximum absolute atomic E-state index is 10.9. The van der Waals surface area contributed by atoms with E-state index in [9.17, 15) is 10.2 Å². The second-order valence-electron chi connectivity index (χ2n) is 15.1. The molecule has 0 saturated heterocycles. The van der Waals surface area contributed by atoms with Crippen molar-refractivity contribution in [3.8, 4) is 0 Å². The van der Waals surface area contributed by atoms with Crippen LogP contribution in [0.5, 0.6) is 0 Å². The molecule has 4 aliphatic rings. The van der Waals surface area contributed by atoms with E-state index in [1.807, 2.05) is 0 Å². The zero-order valence-corrected chi connectivity index (χ0v) is 22.7. The molecule has 4 rings (SSSR count). The highest BCUT2D eigenvalue weighted by Gasteiger charge is 2.69. The van der Waals surface area contributed by atoms with Gasteiger partial charge in [0.2, 0.25) is 0 Å². The van der Waals surface area contributed by atoms with E-state index in [0.717, 1.165) is 30.6 Å². The summed E-state index contributed by atoms with van der Waals surface area (Å²) in [5.74, 6) is 1.30. The minimum absolute atomic E-state index is 0.234. The zero-order valence-electron chi connectivity index (χ0n) is 22.7. The Bertz CT molecular complexity index is 710. The molecule has 32 heavy (non-hydrogen) atoms. The molecule has 1 unspecified atom stereocenters. The van der Waals surface area contributed by atoms with Crippen LogP contribution >= 0.6 is 0 Å². The lowest BCUT2D eigenvalue weighted by Gasteiger charge is -2.72. The summed E-state index contributed by atoms with van der Waals surface area (Å²) in [5.41, 5.74) is 1.18. The van der Waals surface area contributed by atoms with Crippen LogP contribution in [0.15, 0.2) is 0 Å². The molecule has 0 bridgehead atoms. The number of hydrogen-bond acceptors (Lipinski definition) is 2. The molecule has 0 spiro atoms. The number of fused-ring (bicyclic) bond motifs is 5. The maximum atomic E-state index is 10.9. The Kier molecular flexibility index (Phi) is 6.03. The van der Waals surface area contributed by atoms with Crippen molar-refractivity contribution in [2.45, 2.75) is 138 Å². The van der Waals surface area contributed by atoms with Gasteiger partial charge in [0.05, 0.1) is 0 Å². The molecule has 0 heterocycles. The van der Waals surface area contributed by atoms with Crippen LogP contribution in [0.1, 0.15) is 132 Å². The van der Waals surface area contributed by atoms with E-state index in [2.05, 4.69) is 55.4 Å². The lowest BCUT2D eigenvalue weighted by atomic mass is 9.33. The summed E-state index contributed by atoms with van der Waals surface area (Å²) in [4.78, 5) is 0. The van der Waals surface area contributed by atoms with Crippen LogP contribution in [0.4, 0.5) is 0 Å². The topological polar surface area (TPSA) is 40.5 Å². The molecule has 0 aromatic rings. The lowest BCUT2D eigenvalue weighted by molar-refractivity contribution is -0.318. The second-order valence-corrected chi connectivity index (χ2v) is 15.1. The highest BCUT2D eigenvalue weighted by molar-refractivity contribution is 5.17. The summed E-state index contributed by atoms with van der Waals surface area (Å²) >= 11 is 0. The highest BCUT2D eigenvalue weighted by Crippen LogP contribution is 2.75. The molecule has 4 aliphatic carbocycles. The standard InChI is InChI=1S/C30H54O2/c1-21(2)10-9-14-26(5)16-18-28(7)22(20-26)11-12-24-27(6)17-19-30(31,32)25(3,4)23(27)13-15-29(24,28)8/h21-24,31-32H,9-20H2,1-8H3/t22-,23+,24-,26?,27+,28-,29-/m1/s1. The fourth-order valence-corrected chi connectivity index (χ4v) is 10.2. The lowest BCUT2D eigenvalue weighted by Crippen LogP contribution is -2.67. The van der Waals surface area contributed by atoms with E-state index in [1.54, 1.807) is 0 Å². The van der Waals surface area contributed by atoms with Gasteiger partial charge in [-0.2, -0.15) is 0 Å². The van der Waals surface area contributed by atoms with Crippen molar-refractivity contribution in [1.29, 1.82) is 0 Å². The van der Waals surface area contributed by atoms with Crippen LogP contribution in [0.2, 0.25) is 0 Å². The molecule has 7 atom stereocenters. The molecule has 4 fully saturated rings. The monoisotopic (exact) mass is 446 g/mol. The number of aliphatic hydroxyl groups is 2. The fraction of sp³-hybridized carbons (Fsp3) is 1.00. The van der Waals surface area contributed by atoms with Gasteiger partial charge in [0.25, 0.3) is 0 Å². The molecule has 0 amide bonds. The van der Waals surface area contributed by atoms with Gasteiger partial charge in [0.15, 0.2) is 5.79 Å². The van der Waals surface area contributed by atoms with Gasteiger partial charge in [-0.15, -0.1) is 0 Å². The molecule has 0 aliphatic heterocycles. The van der Waals surface area contributed by atoms with Crippen molar-refractivity contribution in [3.63, 3.8) is 0 Å². The molecule has 0 radical (unpaired) electrons. The first-order valence-electron chi connectivity index (χ1n) is 14.1. The Morgan fingerprint density at radius 3 is 2.09 bits per heavy atom. The van der Waals surface area contributed by atoms with E-state index >= 15 is 0 Å². The van der Waals surface area contributed by atoms with Gasteiger partial charge in [0, 0.05) is 11.8 Å². The molecule has 2 N–H and O–H groups in total. The van der Waals surface area contributed by atoms with Gasteiger partial charge < -0.3 is 10.2 Å². The van der Waals surface area contributed by atoms with Crippen LogP contribution in [0.25, 0.3) is 0 Å². The Labute approximate surface area is 199 Å². The highest BCUT2D eigenvalue weighted by atomic mass is 16.5. The van der Waals surface area contributed by atoms with Gasteiger partial charge in [0.1, 0.15) is 0 Å². The van der Waals surface area contributed by atoms with E-state index in [4.69, 9.17) is 0 Å². The molecule has 4 saturated carbocycles. The summed E-state index contributed by atoms with van der Waals surface area (Å²) in [5, 5.41) is 21.7. The minimum Gasteiger partial charge on any atom is -0.365 e. The smallest absolute Gasteiger partial charge is 0.167 e. The van der Waals surface area contributed by atoms with E-state index in [1.165, 1.54) is 57.8 Å². The molecule has 0 aromatic carbocycles. The summed E-state index contributed by atoms with van der Waals surface area (Å²) in [6, 6.07) is 0. The van der Waals surface area contributed by atoms with E-state index in [-0.39, 0.29) is 5.41 Å². The molecular weight excluding hydrogens is 392 g/mol. The van der Waals surface area contributed by atoms with Gasteiger partial charge >= 0.3 is 0 Å². The third-order valence-corrected chi connectivity index (χ3v) is 12.8. The van der Waals surface area contributed by atoms with Gasteiger partial charge in [-0.05, 0) is 103 Å². The quantitative estimate of drug-likeness (QED) is 0.430. The maximum Gasteiger partial charge on any atom is 0.167 e. The zero-order chi connectivity index (χ0) is 23.8. The summed E-state index contributed by atoms with van der Waals surface area (Å²) in [7, 11) is 0. The average Bonchev–Trinajstić information content (AvgIpc) is 2.67. The van der Waals surface area contributed by atoms with E-state index < -0.39 is 11.2 Å². The van der Waals surface area contributed by atoms with Crippen LogP contribution in [0, 0.1) is 50.7 Å². The normalized spacial score (nSPS) is 49.8. The van der Waals surface area contributed by atoms with Crippen molar-refractivity contribution in [3.05, 3.63) is 0 Å². The van der Waals surface area contributed by atoms with Crippen molar-refractivity contribution >= 4 is 0 Å². The SMILES string of the molecule is CC(C)CCCC1(C)CC[C@]2(C)[C@H](CC[C@@H]3[C@@]4(C)CCC(O)(O)C(C)(C)[C@@H]4CC[C@]32C)C1. The van der Waals surface area contributed by atoms with Crippen LogP contribution < -0.4 is 0 Å². The Morgan fingerprint density at radius 1 is 0.750 bits per heavy atom. The van der Waals surface area contributed by atoms with Crippen LogP contribution in [0.3, 0.4) is 0 Å². The van der Waals surface area contributed by atoms with Crippen LogP contribution in [-0.2, 0) is 0 Å². The summed E-state index contributed by atoms with van der Waals surface area (Å²) < 4.78 is 0. The van der Waals surface area contributed by atoms with Crippen molar-refractivity contribution in [1.82, 2.24) is 0 Å². The van der Waals surface area contributed by atoms with Gasteiger partial charge in [-0.3, -0.25) is 0 Å². The first kappa shape index (κ1) is 25.0. The largest absolute Gasteiger partial charge is 0.365 e. The summed E-state index contributed by atoms with van der Waals surface area (Å²) in [6.45, 7) is 19.5. The fourth-order valence-electron chi connectivity index (χ4n) is 10.2. The van der Waals surface area contributed by atoms with Crippen molar-refractivity contribution < 1.29 is 10.2 Å². The van der Waals surface area contributed by atoms with Gasteiger partial charge in [-0.1, -0.05) is 68.2 Å². The minimum atomic E-state index is -1.52. The molecule has 186 valence electrons. The third-order valence-electron chi connectivity index (χ3n) is 12.8. The molecule has 2 nitrogen and oxygen atoms in total. The molecular formula is C30H54O2. The Morgan fingerprint density at radius 2 is 1.44 bits per heavy atom. The number of hydrogen-bond donors (Lipinski definition) is 2. The predicted octanol–water partition coefficient (Wildman–Crippen LogP) is 7.96. The predicted molar refractivity (Wildman–Crippen MR) is 134 cm³/mol. The Hall–Kier alpha value is -0.0800. The first-order valence-corrected chi connectivity index (χ1v) is 14.1. The molecule has 2 heteroatoms. The molecule has 0 aromatic heterocycles. The van der Waals surface area contributed by atoms with Gasteiger partial charge in [-0.25, -0.2) is 0 Å². The average molecular weight is 447 g/mol.